The molecule has 0 saturated heterocycles. The summed E-state index contributed by atoms with van der Waals surface area (Å²) in [6, 6.07) is 12.3. The predicted octanol–water partition coefficient (Wildman–Crippen LogP) is 3.74. The molecule has 5 nitrogen and oxygen atoms in total. The van der Waals surface area contributed by atoms with Gasteiger partial charge in [-0.1, -0.05) is 42.1 Å². The minimum Gasteiger partial charge on any atom is -0.493 e. The van der Waals surface area contributed by atoms with Gasteiger partial charge in [-0.15, -0.1) is 10.2 Å². The smallest absolute Gasteiger partial charge is 0.211 e. The first-order valence-electron chi connectivity index (χ1n) is 7.39. The largest absolute Gasteiger partial charge is 0.493 e. The van der Waals surface area contributed by atoms with Gasteiger partial charge in [-0.3, -0.25) is 0 Å². The Labute approximate surface area is 139 Å². The molecular formula is C17H18N4OS. The Morgan fingerprint density at radius 3 is 2.83 bits per heavy atom. The van der Waals surface area contributed by atoms with Crippen molar-refractivity contribution in [3.8, 4) is 5.75 Å². The molecule has 0 saturated carbocycles. The molecule has 0 unspecified atom stereocenters. The Hall–Kier alpha value is -2.34. The average molecular weight is 326 g/mol. The first-order chi connectivity index (χ1) is 11.2. The summed E-state index contributed by atoms with van der Waals surface area (Å²) in [5.41, 5.74) is 0.963. The van der Waals surface area contributed by atoms with E-state index in [2.05, 4.69) is 33.5 Å². The van der Waals surface area contributed by atoms with Crippen molar-refractivity contribution in [2.45, 2.75) is 19.0 Å². The van der Waals surface area contributed by atoms with Crippen LogP contribution in [0.1, 0.15) is 18.3 Å². The topological polar surface area (TPSA) is 52.3 Å². The van der Waals surface area contributed by atoms with E-state index in [4.69, 9.17) is 4.74 Å². The van der Waals surface area contributed by atoms with Crippen molar-refractivity contribution in [3.05, 3.63) is 47.8 Å². The molecule has 0 aliphatic rings. The number of aromatic nitrogens is 3. The quantitative estimate of drug-likeness (QED) is 0.529. The van der Waals surface area contributed by atoms with E-state index in [-0.39, 0.29) is 0 Å². The fourth-order valence-corrected chi connectivity index (χ4v) is 2.88. The molecule has 0 bridgehead atoms. The van der Waals surface area contributed by atoms with E-state index in [1.54, 1.807) is 4.68 Å². The lowest BCUT2D eigenvalue weighted by Crippen LogP contribution is -2.00. The Bertz CT molecular complexity index is 857. The van der Waals surface area contributed by atoms with E-state index in [0.717, 1.165) is 33.1 Å². The van der Waals surface area contributed by atoms with Crippen molar-refractivity contribution < 1.29 is 4.74 Å². The average Bonchev–Trinajstić information content (AvgIpc) is 2.94. The van der Waals surface area contributed by atoms with Gasteiger partial charge < -0.3 is 4.74 Å². The summed E-state index contributed by atoms with van der Waals surface area (Å²) in [6.07, 6.45) is 3.78. The summed E-state index contributed by atoms with van der Waals surface area (Å²) in [5.74, 6) is 1.58. The lowest BCUT2D eigenvalue weighted by Gasteiger charge is -2.10. The Morgan fingerprint density at radius 2 is 2.04 bits per heavy atom. The first-order valence-corrected chi connectivity index (χ1v) is 8.62. The number of thioether (sulfide) groups is 1. The summed E-state index contributed by atoms with van der Waals surface area (Å²) in [4.78, 5) is 0. The third-order valence-electron chi connectivity index (χ3n) is 3.48. The van der Waals surface area contributed by atoms with Gasteiger partial charge >= 0.3 is 0 Å². The van der Waals surface area contributed by atoms with Gasteiger partial charge in [0.25, 0.3) is 0 Å². The molecule has 0 amide bonds. The molecule has 3 rings (SSSR count). The van der Waals surface area contributed by atoms with E-state index in [1.165, 1.54) is 11.8 Å². The number of hydrogen-bond donors (Lipinski definition) is 0. The van der Waals surface area contributed by atoms with Crippen LogP contribution in [0.2, 0.25) is 0 Å². The first kappa shape index (κ1) is 15.6. The van der Waals surface area contributed by atoms with Gasteiger partial charge in [0.1, 0.15) is 5.75 Å². The van der Waals surface area contributed by atoms with E-state index in [9.17, 15) is 0 Å². The van der Waals surface area contributed by atoms with Gasteiger partial charge in [0, 0.05) is 5.56 Å². The fourth-order valence-electron chi connectivity index (χ4n) is 2.40. The molecule has 0 spiro atoms. The highest BCUT2D eigenvalue weighted by Gasteiger charge is 2.09. The van der Waals surface area contributed by atoms with Crippen molar-refractivity contribution in [1.82, 2.24) is 14.9 Å². The molecule has 1 heterocycles. The molecule has 0 aliphatic carbocycles. The molecule has 0 fully saturated rings. The minimum absolute atomic E-state index is 0.612. The highest BCUT2D eigenvalue weighted by molar-refractivity contribution is 7.98. The van der Waals surface area contributed by atoms with Crippen LogP contribution in [-0.4, -0.2) is 34.0 Å². The van der Waals surface area contributed by atoms with Crippen molar-refractivity contribution in [3.63, 3.8) is 0 Å². The van der Waals surface area contributed by atoms with E-state index >= 15 is 0 Å². The van der Waals surface area contributed by atoms with Crippen LogP contribution in [-0.2, 0) is 0 Å². The number of ether oxygens (including phenoxy) is 1. The summed E-state index contributed by atoms with van der Waals surface area (Å²) < 4.78 is 7.50. The van der Waals surface area contributed by atoms with Gasteiger partial charge in [0.15, 0.2) is 5.82 Å². The Kier molecular flexibility index (Phi) is 4.62. The van der Waals surface area contributed by atoms with Crippen molar-refractivity contribution in [2.24, 2.45) is 5.10 Å². The number of aryl methyl sites for hydroxylation is 1. The third kappa shape index (κ3) is 3.07. The highest BCUT2D eigenvalue weighted by atomic mass is 32.2. The summed E-state index contributed by atoms with van der Waals surface area (Å²) in [5, 5.41) is 15.8. The summed E-state index contributed by atoms with van der Waals surface area (Å²) >= 11 is 1.51. The number of rotatable bonds is 5. The molecule has 0 atom stereocenters. The van der Waals surface area contributed by atoms with E-state index < -0.39 is 0 Å². The zero-order valence-corrected chi connectivity index (χ0v) is 14.2. The van der Waals surface area contributed by atoms with Crippen LogP contribution in [0.4, 0.5) is 0 Å². The van der Waals surface area contributed by atoms with Crippen LogP contribution < -0.4 is 4.74 Å². The molecule has 3 aromatic rings. The molecule has 0 N–H and O–H groups in total. The maximum absolute atomic E-state index is 5.76. The third-order valence-corrected chi connectivity index (χ3v) is 4.10. The SMILES string of the molecule is CCOc1ccc2ccccc2c1/C=N\n1c(C)nnc1SC. The van der Waals surface area contributed by atoms with Gasteiger partial charge in [-0.25, -0.2) is 0 Å². The molecule has 118 valence electrons. The lowest BCUT2D eigenvalue weighted by molar-refractivity contribution is 0.340. The normalized spacial score (nSPS) is 11.4. The zero-order chi connectivity index (χ0) is 16.2. The minimum atomic E-state index is 0.612. The Morgan fingerprint density at radius 1 is 1.22 bits per heavy atom. The van der Waals surface area contributed by atoms with Gasteiger partial charge in [0.2, 0.25) is 5.16 Å². The van der Waals surface area contributed by atoms with E-state index in [0.29, 0.717) is 6.61 Å². The second kappa shape index (κ2) is 6.83. The second-order valence-corrected chi connectivity index (χ2v) is 5.70. The van der Waals surface area contributed by atoms with Crippen molar-refractivity contribution >= 4 is 28.7 Å². The van der Waals surface area contributed by atoms with E-state index in [1.807, 2.05) is 44.5 Å². The molecule has 0 radical (unpaired) electrons. The van der Waals surface area contributed by atoms with Crippen molar-refractivity contribution in [2.75, 3.05) is 12.9 Å². The van der Waals surface area contributed by atoms with Crippen LogP contribution in [0, 0.1) is 6.92 Å². The Balaban J connectivity index is 2.12. The van der Waals surface area contributed by atoms with Crippen LogP contribution in [0.25, 0.3) is 10.8 Å². The van der Waals surface area contributed by atoms with Gasteiger partial charge in [-0.05, 0) is 36.9 Å². The summed E-state index contributed by atoms with van der Waals surface area (Å²) in [7, 11) is 0. The number of fused-ring (bicyclic) bond motifs is 1. The lowest BCUT2D eigenvalue weighted by atomic mass is 10.0. The van der Waals surface area contributed by atoms with Crippen LogP contribution in [0.5, 0.6) is 5.75 Å². The molecule has 6 heteroatoms. The number of hydrogen-bond acceptors (Lipinski definition) is 5. The molecular weight excluding hydrogens is 308 g/mol. The monoisotopic (exact) mass is 326 g/mol. The maximum atomic E-state index is 5.76. The highest BCUT2D eigenvalue weighted by Crippen LogP contribution is 2.27. The molecule has 2 aromatic carbocycles. The molecule has 0 aliphatic heterocycles. The number of nitrogens with zero attached hydrogens (tertiary/aromatic N) is 4. The second-order valence-electron chi connectivity index (χ2n) is 4.92. The standard InChI is InChI=1S/C17H18N4OS/c1-4-22-16-10-9-13-7-5-6-8-14(13)15(16)11-18-21-12(2)19-20-17(21)23-3/h5-11H,4H2,1-3H3/b18-11-. The number of benzene rings is 2. The predicted molar refractivity (Wildman–Crippen MR) is 94.6 cm³/mol. The van der Waals surface area contributed by atoms with Crippen LogP contribution >= 0.6 is 11.8 Å². The van der Waals surface area contributed by atoms with Crippen molar-refractivity contribution in [1.29, 1.82) is 0 Å². The van der Waals surface area contributed by atoms with Gasteiger partial charge in [-0.2, -0.15) is 9.78 Å². The zero-order valence-electron chi connectivity index (χ0n) is 13.4. The van der Waals surface area contributed by atoms with Crippen LogP contribution in [0.15, 0.2) is 46.7 Å². The molecule has 1 aromatic heterocycles. The van der Waals surface area contributed by atoms with Gasteiger partial charge in [0.05, 0.1) is 12.8 Å². The molecule has 23 heavy (non-hydrogen) atoms. The summed E-state index contributed by atoms with van der Waals surface area (Å²) in [6.45, 7) is 4.48. The maximum Gasteiger partial charge on any atom is 0.211 e. The fraction of sp³-hybridized carbons (Fsp3) is 0.235. The van der Waals surface area contributed by atoms with Crippen LogP contribution in [0.3, 0.4) is 0 Å².